The first-order valence-corrected chi connectivity index (χ1v) is 7.75. The highest BCUT2D eigenvalue weighted by Gasteiger charge is 2.30. The lowest BCUT2D eigenvalue weighted by atomic mass is 9.75. The zero-order valence-corrected chi connectivity index (χ0v) is 14.3. The predicted molar refractivity (Wildman–Crippen MR) is 86.8 cm³/mol. The maximum absolute atomic E-state index is 10.4. The van der Waals surface area contributed by atoms with Gasteiger partial charge in [0.1, 0.15) is 6.26 Å². The van der Waals surface area contributed by atoms with E-state index in [4.69, 9.17) is 4.42 Å². The molecule has 22 heavy (non-hydrogen) atoms. The molecule has 120 valence electrons. The van der Waals surface area contributed by atoms with E-state index in [0.29, 0.717) is 11.5 Å². The van der Waals surface area contributed by atoms with E-state index in [1.54, 1.807) is 6.20 Å². The number of rotatable bonds is 4. The van der Waals surface area contributed by atoms with Crippen molar-refractivity contribution in [2.75, 3.05) is 0 Å². The second kappa shape index (κ2) is 5.84. The fourth-order valence-electron chi connectivity index (χ4n) is 2.42. The molecule has 1 unspecified atom stereocenters. The normalized spacial score (nSPS) is 14.1. The summed E-state index contributed by atoms with van der Waals surface area (Å²) in [5.41, 5.74) is 2.90. The number of aliphatic hydroxyl groups is 1. The van der Waals surface area contributed by atoms with Crippen molar-refractivity contribution < 1.29 is 9.52 Å². The van der Waals surface area contributed by atoms with Crippen molar-refractivity contribution in [3.05, 3.63) is 47.4 Å². The largest absolute Gasteiger partial charge is 0.446 e. The molecule has 0 aliphatic heterocycles. The summed E-state index contributed by atoms with van der Waals surface area (Å²) in [4.78, 5) is 8.72. The van der Waals surface area contributed by atoms with E-state index in [2.05, 4.69) is 51.5 Å². The van der Waals surface area contributed by atoms with Crippen molar-refractivity contribution in [1.29, 1.82) is 0 Å². The summed E-state index contributed by atoms with van der Waals surface area (Å²) < 4.78 is 5.20. The van der Waals surface area contributed by atoms with Gasteiger partial charge in [0.25, 0.3) is 0 Å². The fraction of sp³-hybridized carbons (Fsp3) is 0.556. The molecule has 0 bridgehead atoms. The highest BCUT2D eigenvalue weighted by molar-refractivity contribution is 5.37. The number of pyridine rings is 1. The molecule has 0 aliphatic carbocycles. The fourth-order valence-corrected chi connectivity index (χ4v) is 2.42. The van der Waals surface area contributed by atoms with Gasteiger partial charge < -0.3 is 9.52 Å². The summed E-state index contributed by atoms with van der Waals surface area (Å²) >= 11 is 0. The minimum absolute atomic E-state index is 0.00493. The van der Waals surface area contributed by atoms with Gasteiger partial charge in [-0.1, -0.05) is 41.5 Å². The van der Waals surface area contributed by atoms with Gasteiger partial charge in [-0.15, -0.1) is 0 Å². The Morgan fingerprint density at radius 3 is 2.36 bits per heavy atom. The molecule has 0 fully saturated rings. The van der Waals surface area contributed by atoms with Crippen LogP contribution in [0.2, 0.25) is 0 Å². The molecule has 4 nitrogen and oxygen atoms in total. The van der Waals surface area contributed by atoms with E-state index in [9.17, 15) is 5.11 Å². The van der Waals surface area contributed by atoms with Crippen molar-refractivity contribution >= 4 is 0 Å². The second-order valence-electron chi connectivity index (χ2n) is 7.43. The maximum Gasteiger partial charge on any atom is 0.227 e. The molecule has 0 amide bonds. The summed E-state index contributed by atoms with van der Waals surface area (Å²) in [6, 6.07) is 2.04. The molecule has 1 atom stereocenters. The Bertz CT molecular complexity index is 625. The van der Waals surface area contributed by atoms with Crippen LogP contribution < -0.4 is 0 Å². The minimum atomic E-state index is -0.887. The average Bonchev–Trinajstić information content (AvgIpc) is 2.99. The van der Waals surface area contributed by atoms with E-state index >= 15 is 0 Å². The van der Waals surface area contributed by atoms with Crippen LogP contribution in [0.3, 0.4) is 0 Å². The van der Waals surface area contributed by atoms with Crippen molar-refractivity contribution in [2.24, 2.45) is 0 Å². The van der Waals surface area contributed by atoms with Crippen LogP contribution in [0.15, 0.2) is 29.1 Å². The molecule has 0 spiro atoms. The quantitative estimate of drug-likeness (QED) is 0.922. The Balaban J connectivity index is 2.53. The third kappa shape index (κ3) is 3.22. The standard InChI is InChI=1S/C18H26N2O2/c1-7-18(5,6)15-13(17(2,3)4)10-12(11-20-15)14(21)16-19-8-9-22-16/h8-11,14,21H,7H2,1-6H3. The molecule has 0 aliphatic rings. The molecular formula is C18H26N2O2. The van der Waals surface area contributed by atoms with E-state index in [1.807, 2.05) is 6.07 Å². The minimum Gasteiger partial charge on any atom is -0.446 e. The summed E-state index contributed by atoms with van der Waals surface area (Å²) in [6.45, 7) is 13.1. The highest BCUT2D eigenvalue weighted by Crippen LogP contribution is 2.36. The van der Waals surface area contributed by atoms with Crippen molar-refractivity contribution in [3.8, 4) is 0 Å². The number of aliphatic hydroxyl groups excluding tert-OH is 1. The van der Waals surface area contributed by atoms with Crippen molar-refractivity contribution in [1.82, 2.24) is 9.97 Å². The Labute approximate surface area is 132 Å². The number of nitrogens with zero attached hydrogens (tertiary/aromatic N) is 2. The number of hydrogen-bond acceptors (Lipinski definition) is 4. The molecular weight excluding hydrogens is 276 g/mol. The van der Waals surface area contributed by atoms with Gasteiger partial charge >= 0.3 is 0 Å². The maximum atomic E-state index is 10.4. The molecule has 0 saturated carbocycles. The Kier molecular flexibility index (Phi) is 4.43. The Hall–Kier alpha value is -1.68. The van der Waals surface area contributed by atoms with Crippen LogP contribution in [-0.2, 0) is 10.8 Å². The first-order chi connectivity index (χ1) is 10.2. The SMILES string of the molecule is CCC(C)(C)c1ncc(C(O)c2ncco2)cc1C(C)(C)C. The molecule has 2 aromatic rings. The molecule has 1 N–H and O–H groups in total. The topological polar surface area (TPSA) is 59.2 Å². The summed E-state index contributed by atoms with van der Waals surface area (Å²) in [7, 11) is 0. The molecule has 0 radical (unpaired) electrons. The van der Waals surface area contributed by atoms with Gasteiger partial charge in [-0.2, -0.15) is 0 Å². The summed E-state index contributed by atoms with van der Waals surface area (Å²) in [6.07, 6.45) is 4.85. The number of aromatic nitrogens is 2. The smallest absolute Gasteiger partial charge is 0.227 e. The van der Waals surface area contributed by atoms with Gasteiger partial charge in [0.2, 0.25) is 5.89 Å². The van der Waals surface area contributed by atoms with E-state index < -0.39 is 6.10 Å². The average molecular weight is 302 g/mol. The van der Waals surface area contributed by atoms with Crippen LogP contribution >= 0.6 is 0 Å². The third-order valence-corrected chi connectivity index (χ3v) is 4.24. The molecule has 2 rings (SSSR count). The highest BCUT2D eigenvalue weighted by atomic mass is 16.4. The third-order valence-electron chi connectivity index (χ3n) is 4.24. The first kappa shape index (κ1) is 16.7. The summed E-state index contributed by atoms with van der Waals surface area (Å²) in [5, 5.41) is 10.4. The Morgan fingerprint density at radius 1 is 1.18 bits per heavy atom. The molecule has 2 aromatic heterocycles. The van der Waals surface area contributed by atoms with Crippen molar-refractivity contribution in [3.63, 3.8) is 0 Å². The monoisotopic (exact) mass is 302 g/mol. The van der Waals surface area contributed by atoms with Gasteiger partial charge in [0, 0.05) is 22.9 Å². The van der Waals surface area contributed by atoms with Crippen LogP contribution in [-0.4, -0.2) is 15.1 Å². The molecule has 0 saturated heterocycles. The zero-order chi connectivity index (χ0) is 16.5. The van der Waals surface area contributed by atoms with Gasteiger partial charge in [-0.3, -0.25) is 4.98 Å². The molecule has 0 aromatic carbocycles. The zero-order valence-electron chi connectivity index (χ0n) is 14.3. The van der Waals surface area contributed by atoms with Crippen LogP contribution in [0, 0.1) is 0 Å². The van der Waals surface area contributed by atoms with Crippen LogP contribution in [0.4, 0.5) is 0 Å². The van der Waals surface area contributed by atoms with Crippen LogP contribution in [0.5, 0.6) is 0 Å². The van der Waals surface area contributed by atoms with E-state index in [-0.39, 0.29) is 10.8 Å². The lowest BCUT2D eigenvalue weighted by Gasteiger charge is -2.31. The van der Waals surface area contributed by atoms with Gasteiger partial charge in [0.05, 0.1) is 6.20 Å². The lowest BCUT2D eigenvalue weighted by Crippen LogP contribution is -2.26. The van der Waals surface area contributed by atoms with Crippen molar-refractivity contribution in [2.45, 2.75) is 64.9 Å². The number of hydrogen-bond donors (Lipinski definition) is 1. The van der Waals surface area contributed by atoms with Gasteiger partial charge in [0.15, 0.2) is 6.10 Å². The van der Waals surface area contributed by atoms with Crippen LogP contribution in [0.1, 0.15) is 76.8 Å². The molecule has 4 heteroatoms. The van der Waals surface area contributed by atoms with E-state index in [1.165, 1.54) is 12.5 Å². The van der Waals surface area contributed by atoms with E-state index in [0.717, 1.165) is 17.7 Å². The second-order valence-corrected chi connectivity index (χ2v) is 7.43. The van der Waals surface area contributed by atoms with Gasteiger partial charge in [-0.25, -0.2) is 4.98 Å². The molecule has 2 heterocycles. The predicted octanol–water partition coefficient (Wildman–Crippen LogP) is 4.14. The van der Waals surface area contributed by atoms with Gasteiger partial charge in [-0.05, 0) is 23.5 Å². The first-order valence-electron chi connectivity index (χ1n) is 7.75. The lowest BCUT2D eigenvalue weighted by molar-refractivity contribution is 0.182. The number of oxazole rings is 1. The summed E-state index contributed by atoms with van der Waals surface area (Å²) in [5.74, 6) is 0.296. The Morgan fingerprint density at radius 2 is 1.86 bits per heavy atom. The van der Waals surface area contributed by atoms with Crippen LogP contribution in [0.25, 0.3) is 0 Å².